The molecule has 7 nitrogen and oxygen atoms in total. The second-order valence-corrected chi connectivity index (χ2v) is 7.76. The van der Waals surface area contributed by atoms with E-state index in [1.807, 2.05) is 0 Å². The molecule has 0 N–H and O–H groups in total. The molecule has 1 aromatic carbocycles. The van der Waals surface area contributed by atoms with Crippen LogP contribution in [0.15, 0.2) is 24.3 Å². The number of hydrogen-bond donors (Lipinski definition) is 0. The van der Waals surface area contributed by atoms with Gasteiger partial charge < -0.3 is 19.3 Å². The van der Waals surface area contributed by atoms with E-state index in [4.69, 9.17) is 4.74 Å². The summed E-state index contributed by atoms with van der Waals surface area (Å²) in [5, 5.41) is 0. The molecule has 172 valence electrons. The number of carbonyl (C=O) groups is 2. The monoisotopic (exact) mass is 443 g/mol. The Kier molecular flexibility index (Phi) is 7.77. The van der Waals surface area contributed by atoms with Gasteiger partial charge in [0.1, 0.15) is 5.75 Å². The van der Waals surface area contributed by atoms with Gasteiger partial charge in [0.2, 0.25) is 5.91 Å². The highest BCUT2D eigenvalue weighted by Gasteiger charge is 2.36. The average molecular weight is 443 g/mol. The molecule has 2 amide bonds. The van der Waals surface area contributed by atoms with Crippen LogP contribution in [0.1, 0.15) is 30.1 Å². The van der Waals surface area contributed by atoms with Crippen LogP contribution in [-0.4, -0.2) is 91.4 Å². The molecule has 0 saturated carbocycles. The Hall–Kier alpha value is -2.33. The van der Waals surface area contributed by atoms with Gasteiger partial charge >= 0.3 is 6.36 Å². The molecule has 0 aromatic heterocycles. The topological polar surface area (TPSA) is 62.3 Å². The van der Waals surface area contributed by atoms with Gasteiger partial charge in [0, 0.05) is 46.2 Å². The minimum absolute atomic E-state index is 0.0675. The number of halogens is 3. The number of para-hydroxylation sites is 1. The highest BCUT2D eigenvalue weighted by atomic mass is 19.4. The van der Waals surface area contributed by atoms with E-state index in [2.05, 4.69) is 9.64 Å². The first-order chi connectivity index (χ1) is 14.7. The summed E-state index contributed by atoms with van der Waals surface area (Å²) in [7, 11) is 0. The summed E-state index contributed by atoms with van der Waals surface area (Å²) < 4.78 is 47.4. The van der Waals surface area contributed by atoms with Crippen LogP contribution in [0.2, 0.25) is 0 Å². The van der Waals surface area contributed by atoms with Crippen molar-refractivity contribution in [3.63, 3.8) is 0 Å². The molecule has 2 heterocycles. The molecule has 2 aliphatic heterocycles. The van der Waals surface area contributed by atoms with E-state index in [0.717, 1.165) is 45.3 Å². The SMILES string of the molecule is CC(=O)N(CCCN1CCOCC1)C1CCN(C(=O)c2ccccc2OC(F)(F)F)C1. The Balaban J connectivity index is 1.58. The number of carbonyl (C=O) groups excluding carboxylic acids is 2. The third-order valence-electron chi connectivity index (χ3n) is 5.62. The van der Waals surface area contributed by atoms with Gasteiger partial charge in [-0.15, -0.1) is 13.2 Å². The number of rotatable bonds is 7. The number of amides is 2. The van der Waals surface area contributed by atoms with Crippen molar-refractivity contribution in [3.8, 4) is 5.75 Å². The lowest BCUT2D eigenvalue weighted by Gasteiger charge is -2.31. The van der Waals surface area contributed by atoms with Gasteiger partial charge in [-0.2, -0.15) is 0 Å². The number of likely N-dealkylation sites (tertiary alicyclic amines) is 1. The van der Waals surface area contributed by atoms with E-state index in [0.29, 0.717) is 19.5 Å². The fraction of sp³-hybridized carbons (Fsp3) is 0.619. The molecular formula is C21H28F3N3O4. The van der Waals surface area contributed by atoms with E-state index < -0.39 is 18.0 Å². The fourth-order valence-electron chi connectivity index (χ4n) is 4.09. The zero-order chi connectivity index (χ0) is 22.4. The molecule has 3 rings (SSSR count). The van der Waals surface area contributed by atoms with Crippen molar-refractivity contribution in [3.05, 3.63) is 29.8 Å². The van der Waals surface area contributed by atoms with Gasteiger partial charge in [0.05, 0.1) is 24.8 Å². The van der Waals surface area contributed by atoms with Crippen LogP contribution in [-0.2, 0) is 9.53 Å². The average Bonchev–Trinajstić information content (AvgIpc) is 3.20. The zero-order valence-electron chi connectivity index (χ0n) is 17.6. The maximum absolute atomic E-state index is 12.9. The van der Waals surface area contributed by atoms with Crippen LogP contribution >= 0.6 is 0 Å². The summed E-state index contributed by atoms with van der Waals surface area (Å²) >= 11 is 0. The van der Waals surface area contributed by atoms with Crippen molar-refractivity contribution < 1.29 is 32.2 Å². The Morgan fingerprint density at radius 1 is 1.19 bits per heavy atom. The molecule has 2 saturated heterocycles. The standard InChI is InChI=1S/C21H28F3N3O4/c1-16(28)27(9-4-8-25-11-13-30-14-12-25)17-7-10-26(15-17)20(29)18-5-2-3-6-19(18)31-21(22,23)24/h2-3,5-6,17H,4,7-15H2,1H3. The summed E-state index contributed by atoms with van der Waals surface area (Å²) in [6.07, 6.45) is -3.48. The molecule has 0 radical (unpaired) electrons. The summed E-state index contributed by atoms with van der Waals surface area (Å²) in [5.41, 5.74) is -0.137. The minimum Gasteiger partial charge on any atom is -0.405 e. The van der Waals surface area contributed by atoms with Crippen LogP contribution in [0, 0.1) is 0 Å². The number of morpholine rings is 1. The van der Waals surface area contributed by atoms with Crippen molar-refractivity contribution in [2.45, 2.75) is 32.2 Å². The Morgan fingerprint density at radius 3 is 2.58 bits per heavy atom. The summed E-state index contributed by atoms with van der Waals surface area (Å²) in [6, 6.07) is 5.18. The van der Waals surface area contributed by atoms with Gasteiger partial charge in [0.15, 0.2) is 0 Å². The van der Waals surface area contributed by atoms with Gasteiger partial charge in [0.25, 0.3) is 5.91 Å². The van der Waals surface area contributed by atoms with Crippen molar-refractivity contribution in [2.75, 3.05) is 52.5 Å². The number of hydrogen-bond acceptors (Lipinski definition) is 5. The summed E-state index contributed by atoms with van der Waals surface area (Å²) in [4.78, 5) is 30.6. The molecule has 1 aromatic rings. The summed E-state index contributed by atoms with van der Waals surface area (Å²) in [6.45, 7) is 6.80. The van der Waals surface area contributed by atoms with E-state index in [1.165, 1.54) is 30.0 Å². The summed E-state index contributed by atoms with van der Waals surface area (Å²) in [5.74, 6) is -1.11. The molecule has 0 bridgehead atoms. The van der Waals surface area contributed by atoms with Gasteiger partial charge in [-0.3, -0.25) is 14.5 Å². The number of nitrogens with zero attached hydrogens (tertiary/aromatic N) is 3. The normalized spacial score (nSPS) is 20.0. The van der Waals surface area contributed by atoms with Gasteiger partial charge in [-0.25, -0.2) is 0 Å². The molecule has 31 heavy (non-hydrogen) atoms. The van der Waals surface area contributed by atoms with E-state index in [9.17, 15) is 22.8 Å². The molecule has 0 spiro atoms. The number of benzene rings is 1. The highest BCUT2D eigenvalue weighted by Crippen LogP contribution is 2.28. The van der Waals surface area contributed by atoms with Crippen molar-refractivity contribution in [1.82, 2.24) is 14.7 Å². The quantitative estimate of drug-likeness (QED) is 0.648. The maximum Gasteiger partial charge on any atom is 0.573 e. The first kappa shape index (κ1) is 23.3. The molecule has 2 fully saturated rings. The van der Waals surface area contributed by atoms with Crippen molar-refractivity contribution in [1.29, 1.82) is 0 Å². The lowest BCUT2D eigenvalue weighted by Crippen LogP contribution is -2.44. The zero-order valence-corrected chi connectivity index (χ0v) is 17.6. The highest BCUT2D eigenvalue weighted by molar-refractivity contribution is 5.97. The number of alkyl halides is 3. The Bertz CT molecular complexity index is 768. The van der Waals surface area contributed by atoms with Crippen molar-refractivity contribution in [2.24, 2.45) is 0 Å². The molecule has 0 aliphatic carbocycles. The van der Waals surface area contributed by atoms with Crippen LogP contribution < -0.4 is 4.74 Å². The van der Waals surface area contributed by atoms with Crippen LogP contribution in [0.5, 0.6) is 5.75 Å². The van der Waals surface area contributed by atoms with Crippen molar-refractivity contribution >= 4 is 11.8 Å². The van der Waals surface area contributed by atoms with E-state index in [-0.39, 0.29) is 24.1 Å². The Morgan fingerprint density at radius 2 is 1.90 bits per heavy atom. The second-order valence-electron chi connectivity index (χ2n) is 7.76. The number of ether oxygens (including phenoxy) is 2. The lowest BCUT2D eigenvalue weighted by molar-refractivity contribution is -0.274. The largest absolute Gasteiger partial charge is 0.573 e. The van der Waals surface area contributed by atoms with Crippen LogP contribution in [0.4, 0.5) is 13.2 Å². The molecular weight excluding hydrogens is 415 g/mol. The molecule has 1 unspecified atom stereocenters. The fourth-order valence-corrected chi connectivity index (χ4v) is 4.09. The van der Waals surface area contributed by atoms with Crippen LogP contribution in [0.25, 0.3) is 0 Å². The third-order valence-corrected chi connectivity index (χ3v) is 5.62. The maximum atomic E-state index is 12.9. The molecule has 10 heteroatoms. The minimum atomic E-state index is -4.88. The first-order valence-corrected chi connectivity index (χ1v) is 10.5. The lowest BCUT2D eigenvalue weighted by atomic mass is 10.1. The smallest absolute Gasteiger partial charge is 0.405 e. The van der Waals surface area contributed by atoms with Gasteiger partial charge in [-0.05, 0) is 25.0 Å². The third kappa shape index (κ3) is 6.57. The molecule has 2 aliphatic rings. The Labute approximate surface area is 179 Å². The second kappa shape index (κ2) is 10.3. The molecule has 1 atom stereocenters. The van der Waals surface area contributed by atoms with E-state index >= 15 is 0 Å². The van der Waals surface area contributed by atoms with Crippen LogP contribution in [0.3, 0.4) is 0 Å². The predicted molar refractivity (Wildman–Crippen MR) is 107 cm³/mol. The first-order valence-electron chi connectivity index (χ1n) is 10.5. The van der Waals surface area contributed by atoms with E-state index in [1.54, 1.807) is 4.90 Å². The predicted octanol–water partition coefficient (Wildman–Crippen LogP) is 2.37. The van der Waals surface area contributed by atoms with Gasteiger partial charge in [-0.1, -0.05) is 12.1 Å².